The van der Waals surface area contributed by atoms with Crippen molar-refractivity contribution in [2.24, 2.45) is 0 Å². The summed E-state index contributed by atoms with van der Waals surface area (Å²) in [6.07, 6.45) is 6.77. The summed E-state index contributed by atoms with van der Waals surface area (Å²) >= 11 is 0. The van der Waals surface area contributed by atoms with Crippen molar-refractivity contribution >= 4 is 22.6 Å². The van der Waals surface area contributed by atoms with Crippen LogP contribution in [-0.4, -0.2) is 49.4 Å². The molecule has 0 radical (unpaired) electrons. The maximum Gasteiger partial charge on any atom is 0.261 e. The molecule has 2 aromatic carbocycles. The van der Waals surface area contributed by atoms with Crippen LogP contribution in [-0.2, 0) is 11.2 Å². The number of hydrogen-bond acceptors (Lipinski definition) is 5. The molecule has 6 heteroatoms. The quantitative estimate of drug-likeness (QED) is 0.246. The molecule has 0 fully saturated rings. The summed E-state index contributed by atoms with van der Waals surface area (Å²) in [4.78, 5) is 27.1. The minimum Gasteiger partial charge on any atom is -0.317 e. The molecular weight excluding hydrogens is 388 g/mol. The molecule has 0 aliphatic carbocycles. The monoisotopic (exact) mass is 424 g/mol. The molecule has 0 atom stereocenters. The van der Waals surface area contributed by atoms with Gasteiger partial charge in [0.15, 0.2) is 0 Å². The van der Waals surface area contributed by atoms with E-state index in [1.165, 1.54) is 17.7 Å². The third-order valence-electron chi connectivity index (χ3n) is 5.79. The lowest BCUT2D eigenvalue weighted by molar-refractivity contribution is -0.128. The van der Waals surface area contributed by atoms with Crippen LogP contribution in [0.15, 0.2) is 36.4 Å². The van der Waals surface area contributed by atoms with E-state index in [0.29, 0.717) is 18.5 Å². The van der Waals surface area contributed by atoms with E-state index >= 15 is 0 Å². The second-order valence-electron chi connectivity index (χ2n) is 8.22. The fourth-order valence-corrected chi connectivity index (χ4v) is 4.00. The van der Waals surface area contributed by atoms with Gasteiger partial charge in [-0.05, 0) is 61.5 Å². The Labute approximate surface area is 185 Å². The average molecular weight is 425 g/mol. The molecule has 3 rings (SSSR count). The Morgan fingerprint density at radius 1 is 0.839 bits per heavy atom. The SMILES string of the molecule is CCCCNNCCCCNCCCCN1C(=O)Cc2ccc3ccccc3c2C1=O. The second-order valence-corrected chi connectivity index (χ2v) is 8.22. The van der Waals surface area contributed by atoms with Crippen LogP contribution in [0.25, 0.3) is 10.8 Å². The van der Waals surface area contributed by atoms with E-state index in [4.69, 9.17) is 0 Å². The summed E-state index contributed by atoms with van der Waals surface area (Å²) < 4.78 is 0. The van der Waals surface area contributed by atoms with Gasteiger partial charge in [-0.1, -0.05) is 49.7 Å². The highest BCUT2D eigenvalue weighted by atomic mass is 16.2. The molecule has 0 saturated heterocycles. The van der Waals surface area contributed by atoms with Crippen LogP contribution in [0.3, 0.4) is 0 Å². The number of fused-ring (bicyclic) bond motifs is 3. The first kappa shape index (κ1) is 23.4. The number of imide groups is 1. The number of carbonyl (C=O) groups excluding carboxylic acids is 2. The predicted molar refractivity (Wildman–Crippen MR) is 126 cm³/mol. The van der Waals surface area contributed by atoms with Crippen molar-refractivity contribution in [1.29, 1.82) is 0 Å². The molecule has 31 heavy (non-hydrogen) atoms. The Hall–Kier alpha value is -2.28. The summed E-state index contributed by atoms with van der Waals surface area (Å²) in [6.45, 7) is 6.61. The number of nitrogens with zero attached hydrogens (tertiary/aromatic N) is 1. The lowest BCUT2D eigenvalue weighted by atomic mass is 9.92. The zero-order chi connectivity index (χ0) is 21.9. The van der Waals surface area contributed by atoms with Crippen LogP contribution < -0.4 is 16.2 Å². The Bertz CT molecular complexity index is 868. The molecule has 0 saturated carbocycles. The molecule has 1 aliphatic heterocycles. The Balaban J connectivity index is 1.34. The topological polar surface area (TPSA) is 73.5 Å². The minimum absolute atomic E-state index is 0.0826. The van der Waals surface area contributed by atoms with Crippen LogP contribution in [0.1, 0.15) is 61.4 Å². The largest absolute Gasteiger partial charge is 0.317 e. The van der Waals surface area contributed by atoms with Gasteiger partial charge >= 0.3 is 0 Å². The highest BCUT2D eigenvalue weighted by molar-refractivity contribution is 6.16. The van der Waals surface area contributed by atoms with Crippen LogP contribution in [0.2, 0.25) is 0 Å². The van der Waals surface area contributed by atoms with Gasteiger partial charge < -0.3 is 5.32 Å². The summed E-state index contributed by atoms with van der Waals surface area (Å²) in [5, 5.41) is 5.45. The molecule has 3 N–H and O–H groups in total. The van der Waals surface area contributed by atoms with Crippen molar-refractivity contribution in [3.05, 3.63) is 47.5 Å². The first-order valence-electron chi connectivity index (χ1n) is 11.7. The Kier molecular flexibility index (Phi) is 9.46. The minimum atomic E-state index is -0.143. The van der Waals surface area contributed by atoms with Gasteiger partial charge in [0.25, 0.3) is 5.91 Å². The number of rotatable bonds is 14. The summed E-state index contributed by atoms with van der Waals surface area (Å²) in [6, 6.07) is 11.8. The number of unbranched alkanes of at least 4 members (excludes halogenated alkanes) is 3. The zero-order valence-corrected chi connectivity index (χ0v) is 18.7. The van der Waals surface area contributed by atoms with Crippen molar-refractivity contribution < 1.29 is 9.59 Å². The molecule has 0 bridgehead atoms. The van der Waals surface area contributed by atoms with E-state index < -0.39 is 0 Å². The van der Waals surface area contributed by atoms with Gasteiger partial charge in [0.05, 0.1) is 12.0 Å². The first-order valence-corrected chi connectivity index (χ1v) is 11.7. The lowest BCUT2D eigenvalue weighted by Gasteiger charge is -2.27. The molecule has 6 nitrogen and oxygen atoms in total. The van der Waals surface area contributed by atoms with E-state index in [2.05, 4.69) is 23.1 Å². The Morgan fingerprint density at radius 2 is 1.55 bits per heavy atom. The van der Waals surface area contributed by atoms with Gasteiger partial charge in [0, 0.05) is 19.6 Å². The Morgan fingerprint density at radius 3 is 2.35 bits per heavy atom. The van der Waals surface area contributed by atoms with Gasteiger partial charge in [-0.15, -0.1) is 0 Å². The fraction of sp³-hybridized carbons (Fsp3) is 0.520. The van der Waals surface area contributed by atoms with Gasteiger partial charge in [0.1, 0.15) is 0 Å². The lowest BCUT2D eigenvalue weighted by Crippen LogP contribution is -2.43. The number of nitrogens with one attached hydrogen (secondary N) is 3. The number of amides is 2. The van der Waals surface area contributed by atoms with Crippen molar-refractivity contribution in [2.45, 2.75) is 51.9 Å². The van der Waals surface area contributed by atoms with Crippen molar-refractivity contribution in [3.63, 3.8) is 0 Å². The van der Waals surface area contributed by atoms with Crippen molar-refractivity contribution in [1.82, 2.24) is 21.1 Å². The van der Waals surface area contributed by atoms with Crippen LogP contribution in [0.4, 0.5) is 0 Å². The van der Waals surface area contributed by atoms with E-state index in [9.17, 15) is 9.59 Å². The van der Waals surface area contributed by atoms with Gasteiger partial charge in [-0.25, -0.2) is 0 Å². The molecule has 2 aromatic rings. The first-order chi connectivity index (χ1) is 15.2. The molecule has 0 spiro atoms. The predicted octanol–water partition coefficient (Wildman–Crippen LogP) is 3.41. The van der Waals surface area contributed by atoms with E-state index in [-0.39, 0.29) is 11.8 Å². The van der Waals surface area contributed by atoms with Crippen LogP contribution in [0, 0.1) is 0 Å². The zero-order valence-electron chi connectivity index (χ0n) is 18.7. The maximum absolute atomic E-state index is 13.1. The van der Waals surface area contributed by atoms with Crippen LogP contribution in [0.5, 0.6) is 0 Å². The van der Waals surface area contributed by atoms with Gasteiger partial charge in [-0.2, -0.15) is 0 Å². The van der Waals surface area contributed by atoms with E-state index in [0.717, 1.165) is 68.2 Å². The van der Waals surface area contributed by atoms with Crippen molar-refractivity contribution in [2.75, 3.05) is 32.7 Å². The highest BCUT2D eigenvalue weighted by Gasteiger charge is 2.31. The van der Waals surface area contributed by atoms with Gasteiger partial charge in [0.2, 0.25) is 5.91 Å². The molecule has 1 heterocycles. The summed E-state index contributed by atoms with van der Waals surface area (Å²) in [7, 11) is 0. The summed E-state index contributed by atoms with van der Waals surface area (Å²) in [5.74, 6) is -0.225. The number of carbonyl (C=O) groups is 2. The number of benzene rings is 2. The molecule has 0 unspecified atom stereocenters. The summed E-state index contributed by atoms with van der Waals surface area (Å²) in [5.41, 5.74) is 8.03. The van der Waals surface area contributed by atoms with E-state index in [1.807, 2.05) is 36.4 Å². The van der Waals surface area contributed by atoms with Crippen LogP contribution >= 0.6 is 0 Å². The molecule has 0 aromatic heterocycles. The third-order valence-corrected chi connectivity index (χ3v) is 5.79. The fourth-order valence-electron chi connectivity index (χ4n) is 4.00. The maximum atomic E-state index is 13.1. The second kappa shape index (κ2) is 12.5. The van der Waals surface area contributed by atoms with Gasteiger partial charge in [-0.3, -0.25) is 25.3 Å². The number of hydrogen-bond donors (Lipinski definition) is 3. The molecular formula is C25H36N4O2. The highest BCUT2D eigenvalue weighted by Crippen LogP contribution is 2.28. The smallest absolute Gasteiger partial charge is 0.261 e. The normalized spacial score (nSPS) is 13.8. The third kappa shape index (κ3) is 6.60. The standard InChI is InChI=1S/C25H36N4O2/c1-2-3-16-27-28-17-7-6-14-26-15-8-9-18-29-23(30)19-21-13-12-20-10-4-5-11-22(20)24(21)25(29)31/h4-5,10-13,26-28H,2-3,6-9,14-19H2,1H3. The van der Waals surface area contributed by atoms with E-state index in [1.54, 1.807) is 0 Å². The molecule has 2 amide bonds. The number of hydrazine groups is 1. The molecule has 1 aliphatic rings. The van der Waals surface area contributed by atoms with Crippen molar-refractivity contribution in [3.8, 4) is 0 Å². The molecule has 168 valence electrons. The average Bonchev–Trinajstić information content (AvgIpc) is 2.78.